The third-order valence-corrected chi connectivity index (χ3v) is 3.93. The summed E-state index contributed by atoms with van der Waals surface area (Å²) in [6, 6.07) is 12.0. The van der Waals surface area contributed by atoms with Crippen LogP contribution in [0.2, 0.25) is 0 Å². The number of ketones is 2. The molecule has 0 aliphatic heterocycles. The average Bonchev–Trinajstić information content (AvgIpc) is 3.08. The van der Waals surface area contributed by atoms with E-state index in [-0.39, 0.29) is 18.1 Å². The van der Waals surface area contributed by atoms with Crippen LogP contribution in [-0.2, 0) is 6.54 Å². The van der Waals surface area contributed by atoms with E-state index in [1.54, 1.807) is 48.7 Å². The van der Waals surface area contributed by atoms with Crippen LogP contribution in [0.4, 0.5) is 0 Å². The van der Waals surface area contributed by atoms with Crippen LogP contribution in [0.25, 0.3) is 5.69 Å². The molecule has 0 radical (unpaired) electrons. The van der Waals surface area contributed by atoms with Crippen molar-refractivity contribution in [3.8, 4) is 5.69 Å². The first kappa shape index (κ1) is 13.5. The number of carbonyl (C=O) groups is 2. The molecule has 0 atom stereocenters. The molecule has 0 unspecified atom stereocenters. The summed E-state index contributed by atoms with van der Waals surface area (Å²) in [5, 5.41) is 7.94. The maximum absolute atomic E-state index is 12.9. The molecule has 6 heteroatoms. The fraction of sp³-hybridized carbons (Fsp3) is 0.0588. The first-order valence-corrected chi connectivity index (χ1v) is 7.14. The summed E-state index contributed by atoms with van der Waals surface area (Å²) in [6.45, 7) is 0.255. The number of aromatic nitrogens is 3. The standard InChI is InChI=1S/C17H12N4O2/c18-8-10-9-21(20-19-10)14-7-3-6-13-15(14)17(23)12-5-2-1-4-11(12)16(13)22/h1-7,9H,8,18H2. The molecule has 0 bridgehead atoms. The molecule has 0 amide bonds. The van der Waals surface area contributed by atoms with Crippen LogP contribution < -0.4 is 5.73 Å². The predicted octanol–water partition coefficient (Wildman–Crippen LogP) is 1.50. The highest BCUT2D eigenvalue weighted by Crippen LogP contribution is 2.30. The van der Waals surface area contributed by atoms with Crippen molar-refractivity contribution in [2.75, 3.05) is 0 Å². The number of hydrogen-bond donors (Lipinski definition) is 1. The summed E-state index contributed by atoms with van der Waals surface area (Å²) in [6.07, 6.45) is 1.66. The molecular weight excluding hydrogens is 292 g/mol. The van der Waals surface area contributed by atoms with Gasteiger partial charge in [0.2, 0.25) is 0 Å². The molecule has 23 heavy (non-hydrogen) atoms. The van der Waals surface area contributed by atoms with Crippen LogP contribution in [0.15, 0.2) is 48.7 Å². The highest BCUT2D eigenvalue weighted by molar-refractivity contribution is 6.29. The minimum Gasteiger partial charge on any atom is -0.325 e. The minimum atomic E-state index is -0.185. The number of fused-ring (bicyclic) bond motifs is 2. The molecule has 0 fully saturated rings. The van der Waals surface area contributed by atoms with Gasteiger partial charge < -0.3 is 5.73 Å². The molecule has 1 heterocycles. The van der Waals surface area contributed by atoms with Gasteiger partial charge >= 0.3 is 0 Å². The van der Waals surface area contributed by atoms with Crippen molar-refractivity contribution in [1.29, 1.82) is 0 Å². The zero-order valence-electron chi connectivity index (χ0n) is 12.1. The van der Waals surface area contributed by atoms with E-state index in [0.29, 0.717) is 33.6 Å². The van der Waals surface area contributed by atoms with Crippen molar-refractivity contribution in [1.82, 2.24) is 15.0 Å². The molecule has 1 aromatic heterocycles. The Morgan fingerprint density at radius 3 is 2.30 bits per heavy atom. The summed E-state index contributed by atoms with van der Waals surface area (Å²) in [7, 11) is 0. The quantitative estimate of drug-likeness (QED) is 0.606. The molecule has 0 spiro atoms. The molecule has 0 saturated heterocycles. The third-order valence-electron chi connectivity index (χ3n) is 3.93. The SMILES string of the molecule is NCc1cn(-c2cccc3c2C(=O)c2ccccc2C3=O)nn1. The summed E-state index contributed by atoms with van der Waals surface area (Å²) in [4.78, 5) is 25.6. The van der Waals surface area contributed by atoms with Gasteiger partial charge in [-0.2, -0.15) is 0 Å². The van der Waals surface area contributed by atoms with E-state index in [2.05, 4.69) is 10.3 Å². The lowest BCUT2D eigenvalue weighted by molar-refractivity contribution is 0.0979. The van der Waals surface area contributed by atoms with E-state index in [9.17, 15) is 9.59 Å². The molecular formula is C17H12N4O2. The second kappa shape index (κ2) is 4.96. The van der Waals surface area contributed by atoms with Crippen molar-refractivity contribution in [3.63, 3.8) is 0 Å². The lowest BCUT2D eigenvalue weighted by atomic mass is 9.83. The molecule has 4 rings (SSSR count). The normalized spacial score (nSPS) is 12.9. The van der Waals surface area contributed by atoms with Crippen LogP contribution >= 0.6 is 0 Å². The number of rotatable bonds is 2. The van der Waals surface area contributed by atoms with Crippen LogP contribution in [0.5, 0.6) is 0 Å². The second-order valence-corrected chi connectivity index (χ2v) is 5.26. The Morgan fingerprint density at radius 2 is 1.61 bits per heavy atom. The number of nitrogens with zero attached hydrogens (tertiary/aromatic N) is 3. The summed E-state index contributed by atoms with van der Waals surface area (Å²) in [5.41, 5.74) is 8.28. The van der Waals surface area contributed by atoms with Gasteiger partial charge in [0.15, 0.2) is 11.6 Å². The van der Waals surface area contributed by atoms with Crippen molar-refractivity contribution >= 4 is 11.6 Å². The summed E-state index contributed by atoms with van der Waals surface area (Å²) < 4.78 is 1.49. The van der Waals surface area contributed by atoms with E-state index < -0.39 is 0 Å². The van der Waals surface area contributed by atoms with E-state index >= 15 is 0 Å². The maximum atomic E-state index is 12.9. The third kappa shape index (κ3) is 1.92. The smallest absolute Gasteiger partial charge is 0.196 e. The first-order valence-electron chi connectivity index (χ1n) is 7.14. The topological polar surface area (TPSA) is 90.9 Å². The Hall–Kier alpha value is -3.12. The molecule has 2 N–H and O–H groups in total. The van der Waals surface area contributed by atoms with Gasteiger partial charge in [-0.3, -0.25) is 9.59 Å². The monoisotopic (exact) mass is 304 g/mol. The van der Waals surface area contributed by atoms with Gasteiger partial charge in [0.1, 0.15) is 0 Å². The van der Waals surface area contributed by atoms with Gasteiger partial charge in [0.05, 0.1) is 23.1 Å². The summed E-state index contributed by atoms with van der Waals surface area (Å²) >= 11 is 0. The van der Waals surface area contributed by atoms with Gasteiger partial charge in [0, 0.05) is 23.2 Å². The van der Waals surface area contributed by atoms with Crippen molar-refractivity contribution in [2.45, 2.75) is 6.54 Å². The number of hydrogen-bond acceptors (Lipinski definition) is 5. The van der Waals surface area contributed by atoms with Gasteiger partial charge in [-0.25, -0.2) is 4.68 Å². The Kier molecular flexibility index (Phi) is 2.92. The Labute approximate surface area is 131 Å². The van der Waals surface area contributed by atoms with Crippen LogP contribution in [0.1, 0.15) is 37.5 Å². The van der Waals surface area contributed by atoms with E-state index in [4.69, 9.17) is 5.73 Å². The fourth-order valence-electron chi connectivity index (χ4n) is 2.83. The lowest BCUT2D eigenvalue weighted by Gasteiger charge is -2.19. The molecule has 6 nitrogen and oxygen atoms in total. The lowest BCUT2D eigenvalue weighted by Crippen LogP contribution is -2.23. The Balaban J connectivity index is 1.97. The molecule has 1 aliphatic rings. The molecule has 3 aromatic rings. The van der Waals surface area contributed by atoms with Gasteiger partial charge in [-0.15, -0.1) is 5.10 Å². The van der Waals surface area contributed by atoms with Crippen LogP contribution in [-0.4, -0.2) is 26.6 Å². The van der Waals surface area contributed by atoms with Crippen LogP contribution in [0, 0.1) is 0 Å². The minimum absolute atomic E-state index is 0.156. The Morgan fingerprint density at radius 1 is 0.913 bits per heavy atom. The van der Waals surface area contributed by atoms with Crippen molar-refractivity contribution in [2.24, 2.45) is 5.73 Å². The molecule has 2 aromatic carbocycles. The van der Waals surface area contributed by atoms with E-state index in [1.165, 1.54) is 4.68 Å². The zero-order valence-corrected chi connectivity index (χ0v) is 12.1. The first-order chi connectivity index (χ1) is 11.2. The van der Waals surface area contributed by atoms with Crippen molar-refractivity contribution < 1.29 is 9.59 Å². The van der Waals surface area contributed by atoms with Crippen LogP contribution in [0.3, 0.4) is 0 Å². The highest BCUT2D eigenvalue weighted by Gasteiger charge is 2.31. The zero-order chi connectivity index (χ0) is 16.0. The van der Waals surface area contributed by atoms with E-state index in [1.807, 2.05) is 0 Å². The maximum Gasteiger partial charge on any atom is 0.196 e. The molecule has 112 valence electrons. The summed E-state index contributed by atoms with van der Waals surface area (Å²) in [5.74, 6) is -0.341. The molecule has 0 saturated carbocycles. The van der Waals surface area contributed by atoms with Gasteiger partial charge in [0.25, 0.3) is 0 Å². The largest absolute Gasteiger partial charge is 0.325 e. The number of nitrogens with two attached hydrogens (primary N) is 1. The second-order valence-electron chi connectivity index (χ2n) is 5.26. The van der Waals surface area contributed by atoms with Crippen molar-refractivity contribution in [3.05, 3.63) is 76.6 Å². The average molecular weight is 304 g/mol. The van der Waals surface area contributed by atoms with Gasteiger partial charge in [-0.1, -0.05) is 41.6 Å². The van der Waals surface area contributed by atoms with Gasteiger partial charge in [-0.05, 0) is 6.07 Å². The number of carbonyl (C=O) groups excluding carboxylic acids is 2. The molecule has 1 aliphatic carbocycles. The van der Waals surface area contributed by atoms with E-state index in [0.717, 1.165) is 0 Å². The fourth-order valence-corrected chi connectivity index (χ4v) is 2.83. The Bertz CT molecular complexity index is 959. The number of benzene rings is 2. The highest BCUT2D eigenvalue weighted by atomic mass is 16.1. The predicted molar refractivity (Wildman–Crippen MR) is 82.6 cm³/mol.